The zero-order valence-corrected chi connectivity index (χ0v) is 24.5. The predicted octanol–water partition coefficient (Wildman–Crippen LogP) is 4.60. The van der Waals surface area contributed by atoms with E-state index in [1.807, 2.05) is 36.4 Å². The number of methoxy groups -OCH3 is 2. The number of carbonyl (C=O) groups is 2. The number of ether oxygens (including phenoxy) is 4. The van der Waals surface area contributed by atoms with Crippen molar-refractivity contribution in [3.8, 4) is 11.5 Å². The molecule has 228 valence electrons. The molecule has 3 aromatic carbocycles. The van der Waals surface area contributed by atoms with Crippen molar-refractivity contribution in [1.29, 1.82) is 0 Å². The Labute approximate surface area is 251 Å². The average molecular weight is 591 g/mol. The number of carbonyl (C=O) groups excluding carboxylic acids is 1. The van der Waals surface area contributed by atoms with E-state index in [1.54, 1.807) is 26.4 Å². The Morgan fingerprint density at radius 2 is 1.60 bits per heavy atom. The summed E-state index contributed by atoms with van der Waals surface area (Å²) in [5.74, 6) is 0.0939. The van der Waals surface area contributed by atoms with Gasteiger partial charge in [-0.3, -0.25) is 14.5 Å². The first-order chi connectivity index (χ1) is 20.8. The van der Waals surface area contributed by atoms with E-state index in [9.17, 15) is 14.7 Å². The lowest BCUT2D eigenvalue weighted by Gasteiger charge is -2.39. The van der Waals surface area contributed by atoms with E-state index in [-0.39, 0.29) is 37.6 Å². The summed E-state index contributed by atoms with van der Waals surface area (Å²) in [7, 11) is 3.30. The minimum atomic E-state index is -1.01. The van der Waals surface area contributed by atoms with Crippen LogP contribution in [0, 0.1) is 0 Å². The predicted molar refractivity (Wildman–Crippen MR) is 159 cm³/mol. The van der Waals surface area contributed by atoms with Gasteiger partial charge in [-0.2, -0.15) is 0 Å². The van der Waals surface area contributed by atoms with E-state index in [2.05, 4.69) is 22.3 Å². The lowest BCUT2D eigenvalue weighted by atomic mass is 9.97. The van der Waals surface area contributed by atoms with Gasteiger partial charge in [-0.15, -0.1) is 0 Å². The van der Waals surface area contributed by atoms with Crippen LogP contribution in [0.25, 0.3) is 0 Å². The van der Waals surface area contributed by atoms with Crippen LogP contribution in [0.2, 0.25) is 0 Å². The fourth-order valence-corrected chi connectivity index (χ4v) is 5.59. The Hall–Kier alpha value is -3.96. The molecule has 1 amide bonds. The van der Waals surface area contributed by atoms with E-state index in [1.165, 1.54) is 11.1 Å². The first-order valence-corrected chi connectivity index (χ1v) is 14.4. The summed E-state index contributed by atoms with van der Waals surface area (Å²) in [6.07, 6.45) is 0.299. The Morgan fingerprint density at radius 3 is 2.26 bits per heavy atom. The van der Waals surface area contributed by atoms with Crippen LogP contribution in [0.5, 0.6) is 11.5 Å². The summed E-state index contributed by atoms with van der Waals surface area (Å²) in [6.45, 7) is 2.36. The van der Waals surface area contributed by atoms with Crippen molar-refractivity contribution >= 4 is 17.6 Å². The number of nitrogens with one attached hydrogen (secondary N) is 1. The maximum absolute atomic E-state index is 12.1. The number of nitrogens with zero attached hydrogens (tertiary/aromatic N) is 1. The van der Waals surface area contributed by atoms with E-state index in [0.29, 0.717) is 12.1 Å². The number of anilines is 1. The summed E-state index contributed by atoms with van der Waals surface area (Å²) in [4.78, 5) is 25.2. The van der Waals surface area contributed by atoms with E-state index in [4.69, 9.17) is 24.1 Å². The smallest absolute Gasteiger partial charge is 0.303 e. The number of aliphatic carboxylic acids is 1. The lowest BCUT2D eigenvalue weighted by molar-refractivity contribution is -0.253. The van der Waals surface area contributed by atoms with E-state index >= 15 is 0 Å². The first kappa shape index (κ1) is 30.5. The number of carboxylic acid groups (broad SMARTS) is 1. The van der Waals surface area contributed by atoms with Crippen LogP contribution in [-0.4, -0.2) is 60.4 Å². The fraction of sp³-hybridized carbons (Fsp3) is 0.394. The number of aliphatic hydroxyl groups is 1. The molecule has 1 saturated heterocycles. The van der Waals surface area contributed by atoms with Crippen molar-refractivity contribution < 1.29 is 38.7 Å². The summed E-state index contributed by atoms with van der Waals surface area (Å²) in [5, 5.41) is 21.0. The molecule has 3 atom stereocenters. The number of fused-ring (bicyclic) bond motifs is 1. The molecule has 0 saturated carbocycles. The van der Waals surface area contributed by atoms with Crippen LogP contribution >= 0.6 is 0 Å². The molecule has 3 aromatic rings. The molecule has 1 fully saturated rings. The quantitative estimate of drug-likeness (QED) is 0.294. The van der Waals surface area contributed by atoms with Gasteiger partial charge in [0.25, 0.3) is 0 Å². The monoisotopic (exact) mass is 590 g/mol. The average Bonchev–Trinajstić information content (AvgIpc) is 3.03. The standard InChI is InChI=1S/C33H38N2O8/c1-40-29-15-24-13-14-35(18-25(24)16-30(29)41-2)19-27-17-28(22-5-3-21(20-36)4-6-22)43-33(42-27)23-7-9-26(10-8-23)34-31(37)11-12-32(38)39/h3-10,15-16,27-28,33,36H,11-14,17-20H2,1-2H3,(H,34,37)(H,38,39). The maximum atomic E-state index is 12.1. The first-order valence-electron chi connectivity index (χ1n) is 14.4. The number of aliphatic hydroxyl groups excluding tert-OH is 1. The highest BCUT2D eigenvalue weighted by atomic mass is 16.7. The van der Waals surface area contributed by atoms with Crippen molar-refractivity contribution in [3.05, 3.63) is 88.5 Å². The third-order valence-corrected chi connectivity index (χ3v) is 7.91. The fourth-order valence-electron chi connectivity index (χ4n) is 5.59. The number of hydrogen-bond acceptors (Lipinski definition) is 8. The summed E-state index contributed by atoms with van der Waals surface area (Å²) in [6, 6.07) is 19.1. The van der Waals surface area contributed by atoms with Gasteiger partial charge >= 0.3 is 5.97 Å². The van der Waals surface area contributed by atoms with Crippen LogP contribution in [0.1, 0.15) is 59.5 Å². The van der Waals surface area contributed by atoms with Gasteiger partial charge in [0.05, 0.1) is 39.5 Å². The number of hydrogen-bond donors (Lipinski definition) is 3. The second kappa shape index (κ2) is 14.0. The molecule has 2 aliphatic rings. The third-order valence-electron chi connectivity index (χ3n) is 7.91. The van der Waals surface area contributed by atoms with Gasteiger partial charge in [0.15, 0.2) is 17.8 Å². The maximum Gasteiger partial charge on any atom is 0.303 e. The van der Waals surface area contributed by atoms with Crippen LogP contribution in [0.15, 0.2) is 60.7 Å². The van der Waals surface area contributed by atoms with Gasteiger partial charge in [-0.25, -0.2) is 0 Å². The zero-order valence-electron chi connectivity index (χ0n) is 24.5. The van der Waals surface area contributed by atoms with Crippen LogP contribution in [-0.2, 0) is 38.6 Å². The zero-order chi connectivity index (χ0) is 30.3. The van der Waals surface area contributed by atoms with Crippen LogP contribution in [0.4, 0.5) is 5.69 Å². The molecular formula is C33H38N2O8. The summed E-state index contributed by atoms with van der Waals surface area (Å²) in [5.41, 5.74) is 5.71. The van der Waals surface area contributed by atoms with Crippen molar-refractivity contribution in [1.82, 2.24) is 4.90 Å². The Morgan fingerprint density at radius 1 is 0.930 bits per heavy atom. The second-order valence-corrected chi connectivity index (χ2v) is 10.9. The molecule has 0 aliphatic carbocycles. The summed E-state index contributed by atoms with van der Waals surface area (Å²) < 4.78 is 24.0. The highest BCUT2D eigenvalue weighted by Crippen LogP contribution is 2.39. The Kier molecular flexibility index (Phi) is 9.93. The number of carboxylic acids is 1. The molecule has 43 heavy (non-hydrogen) atoms. The van der Waals surface area contributed by atoms with E-state index < -0.39 is 12.3 Å². The van der Waals surface area contributed by atoms with Crippen LogP contribution < -0.4 is 14.8 Å². The Balaban J connectivity index is 1.31. The molecule has 0 spiro atoms. The van der Waals surface area contributed by atoms with Gasteiger partial charge in [-0.05, 0) is 52.9 Å². The SMILES string of the molecule is COc1cc2c(cc1OC)CN(CC1CC(c3ccc(CO)cc3)OC(c3ccc(NC(=O)CCC(=O)O)cc3)O1)CC2. The molecule has 0 radical (unpaired) electrons. The van der Waals surface area contributed by atoms with Crippen molar-refractivity contribution in [2.75, 3.05) is 32.6 Å². The van der Waals surface area contributed by atoms with Crippen molar-refractivity contribution in [3.63, 3.8) is 0 Å². The number of amides is 1. The van der Waals surface area contributed by atoms with Gasteiger partial charge in [0.1, 0.15) is 0 Å². The van der Waals surface area contributed by atoms with Gasteiger partial charge in [0.2, 0.25) is 5.91 Å². The van der Waals surface area contributed by atoms with Crippen molar-refractivity contribution in [2.24, 2.45) is 0 Å². The van der Waals surface area contributed by atoms with Crippen LogP contribution in [0.3, 0.4) is 0 Å². The number of rotatable bonds is 11. The molecule has 0 bridgehead atoms. The highest BCUT2D eigenvalue weighted by molar-refractivity contribution is 5.92. The topological polar surface area (TPSA) is 127 Å². The summed E-state index contributed by atoms with van der Waals surface area (Å²) >= 11 is 0. The molecule has 0 aromatic heterocycles. The normalized spacial score (nSPS) is 20.2. The van der Waals surface area contributed by atoms with Gasteiger partial charge in [0, 0.05) is 43.7 Å². The molecule has 3 unspecified atom stereocenters. The largest absolute Gasteiger partial charge is 0.493 e. The number of benzene rings is 3. The van der Waals surface area contributed by atoms with Gasteiger partial charge in [-0.1, -0.05) is 36.4 Å². The van der Waals surface area contributed by atoms with E-state index in [0.717, 1.165) is 54.2 Å². The Bertz CT molecular complexity index is 1410. The molecule has 2 heterocycles. The third kappa shape index (κ3) is 7.71. The molecule has 10 nitrogen and oxygen atoms in total. The second-order valence-electron chi connectivity index (χ2n) is 10.9. The lowest BCUT2D eigenvalue weighted by Crippen LogP contribution is -2.41. The minimum Gasteiger partial charge on any atom is -0.493 e. The molecule has 10 heteroatoms. The molecule has 3 N–H and O–H groups in total. The molecular weight excluding hydrogens is 552 g/mol. The molecule has 5 rings (SSSR count). The van der Waals surface area contributed by atoms with Gasteiger partial charge < -0.3 is 34.5 Å². The minimum absolute atomic E-state index is 0.0214. The highest BCUT2D eigenvalue weighted by Gasteiger charge is 2.34. The molecule has 2 aliphatic heterocycles. The van der Waals surface area contributed by atoms with Crippen molar-refractivity contribution in [2.45, 2.75) is 57.3 Å².